The van der Waals surface area contributed by atoms with Crippen molar-refractivity contribution in [3.8, 4) is 5.75 Å². The number of amides is 1. The number of nitrogens with one attached hydrogen (secondary N) is 1. The summed E-state index contributed by atoms with van der Waals surface area (Å²) in [6.07, 6.45) is 1.40. The van der Waals surface area contributed by atoms with Gasteiger partial charge in [0.25, 0.3) is 0 Å². The maximum atomic E-state index is 13.3. The number of alkyl halides is 1. The fourth-order valence-corrected chi connectivity index (χ4v) is 6.15. The van der Waals surface area contributed by atoms with Crippen LogP contribution in [0.15, 0.2) is 18.2 Å². The zero-order chi connectivity index (χ0) is 17.9. The predicted molar refractivity (Wildman–Crippen MR) is 97.9 cm³/mol. The van der Waals surface area contributed by atoms with Gasteiger partial charge < -0.3 is 10.1 Å². The Morgan fingerprint density at radius 3 is 2.54 bits per heavy atom. The quantitative estimate of drug-likeness (QED) is 0.744. The first-order valence-electron chi connectivity index (χ1n) is 7.95. The molecule has 0 radical (unpaired) electrons. The molecule has 130 valence electrons. The summed E-state index contributed by atoms with van der Waals surface area (Å²) >= 11 is 9.58. The van der Waals surface area contributed by atoms with Gasteiger partial charge in [-0.3, -0.25) is 9.59 Å². The molecule has 2 saturated carbocycles. The first kappa shape index (κ1) is 17.7. The van der Waals surface area contributed by atoms with Crippen molar-refractivity contribution in [3.63, 3.8) is 0 Å². The van der Waals surface area contributed by atoms with E-state index >= 15 is 0 Å². The van der Waals surface area contributed by atoms with Gasteiger partial charge in [-0.05, 0) is 36.5 Å². The van der Waals surface area contributed by atoms with Crippen LogP contribution in [-0.4, -0.2) is 23.6 Å². The second-order valence-corrected chi connectivity index (χ2v) is 8.81. The molecule has 0 unspecified atom stereocenters. The Kier molecular flexibility index (Phi) is 4.04. The number of benzene rings is 1. The van der Waals surface area contributed by atoms with E-state index in [-0.39, 0.29) is 11.7 Å². The molecule has 1 aromatic rings. The number of rotatable bonds is 3. The van der Waals surface area contributed by atoms with Crippen molar-refractivity contribution in [2.75, 3.05) is 12.4 Å². The topological polar surface area (TPSA) is 55.4 Å². The molecule has 4 nitrogen and oxygen atoms in total. The average Bonchev–Trinajstić information content (AvgIpc) is 2.79. The van der Waals surface area contributed by atoms with Gasteiger partial charge in [0.1, 0.15) is 5.75 Å². The Bertz CT molecular complexity index is 735. The number of methoxy groups -OCH3 is 1. The van der Waals surface area contributed by atoms with Crippen molar-refractivity contribution in [2.45, 2.75) is 38.4 Å². The van der Waals surface area contributed by atoms with E-state index in [2.05, 4.69) is 21.2 Å². The molecule has 2 aliphatic carbocycles. The van der Waals surface area contributed by atoms with Crippen molar-refractivity contribution in [2.24, 2.45) is 16.2 Å². The van der Waals surface area contributed by atoms with Crippen LogP contribution in [0.5, 0.6) is 5.75 Å². The molecule has 2 bridgehead atoms. The molecule has 3 atom stereocenters. The summed E-state index contributed by atoms with van der Waals surface area (Å²) in [5.41, 5.74) is -1.20. The summed E-state index contributed by atoms with van der Waals surface area (Å²) in [5, 5.41) is 3.47. The van der Waals surface area contributed by atoms with Crippen molar-refractivity contribution in [1.29, 1.82) is 0 Å². The van der Waals surface area contributed by atoms with Crippen LogP contribution in [-0.2, 0) is 9.59 Å². The van der Waals surface area contributed by atoms with Gasteiger partial charge in [-0.25, -0.2) is 0 Å². The number of Topliss-reactive ketones (excluding diaryl/α,β-unsaturated/α-hetero) is 1. The lowest BCUT2D eigenvalue weighted by molar-refractivity contribution is -0.130. The van der Waals surface area contributed by atoms with Crippen LogP contribution in [0.2, 0.25) is 5.02 Å². The van der Waals surface area contributed by atoms with Gasteiger partial charge in [0, 0.05) is 10.4 Å². The summed E-state index contributed by atoms with van der Waals surface area (Å²) in [5.74, 6) is 0.495. The van der Waals surface area contributed by atoms with E-state index in [0.29, 0.717) is 22.9 Å². The highest BCUT2D eigenvalue weighted by molar-refractivity contribution is 9.10. The van der Waals surface area contributed by atoms with Gasteiger partial charge in [-0.1, -0.05) is 48.3 Å². The van der Waals surface area contributed by atoms with Crippen LogP contribution in [0.3, 0.4) is 0 Å². The smallest absolute Gasteiger partial charge is 0.232 e. The molecule has 0 saturated heterocycles. The lowest BCUT2D eigenvalue weighted by atomic mass is 9.64. The molecule has 1 amide bonds. The number of ether oxygens (including phenoxy) is 1. The van der Waals surface area contributed by atoms with Gasteiger partial charge in [0.15, 0.2) is 5.78 Å². The molecule has 0 heterocycles. The third-order valence-electron chi connectivity index (χ3n) is 6.54. The highest BCUT2D eigenvalue weighted by Gasteiger charge is 2.76. The number of carbonyl (C=O) groups excluding carboxylic acids is 2. The second-order valence-electron chi connectivity index (χ2n) is 7.45. The van der Waals surface area contributed by atoms with Crippen molar-refractivity contribution >= 4 is 44.9 Å². The standard InChI is InChI=1S/C18H21BrClNO3/c1-16(2)17(3)7-8-18(16,13(19)14(17)22)15(23)21-11-9-10(20)5-6-12(11)24-4/h5-6,9,13H,7-8H2,1-4H3,(H,21,23)/t13-,17-,18+/m1/s1. The molecule has 24 heavy (non-hydrogen) atoms. The summed E-state index contributed by atoms with van der Waals surface area (Å²) in [6, 6.07) is 5.08. The highest BCUT2D eigenvalue weighted by Crippen LogP contribution is 2.72. The lowest BCUT2D eigenvalue weighted by Crippen LogP contribution is -2.48. The molecule has 0 aromatic heterocycles. The van der Waals surface area contributed by atoms with Crippen LogP contribution in [0.25, 0.3) is 0 Å². The van der Waals surface area contributed by atoms with Crippen molar-refractivity contribution in [1.82, 2.24) is 0 Å². The first-order valence-corrected chi connectivity index (χ1v) is 9.24. The van der Waals surface area contributed by atoms with E-state index in [1.54, 1.807) is 25.3 Å². The van der Waals surface area contributed by atoms with Gasteiger partial charge in [0.05, 0.1) is 23.0 Å². The predicted octanol–water partition coefficient (Wildman–Crippen LogP) is 4.45. The normalized spacial score (nSPS) is 33.6. The molecule has 0 aliphatic heterocycles. The fraction of sp³-hybridized carbons (Fsp3) is 0.556. The fourth-order valence-electron chi connectivity index (χ4n) is 4.47. The largest absolute Gasteiger partial charge is 0.495 e. The molecule has 1 N–H and O–H groups in total. The minimum atomic E-state index is -0.786. The van der Waals surface area contributed by atoms with Gasteiger partial charge >= 0.3 is 0 Å². The van der Waals surface area contributed by atoms with E-state index in [4.69, 9.17) is 16.3 Å². The van der Waals surface area contributed by atoms with Crippen LogP contribution < -0.4 is 10.1 Å². The lowest BCUT2D eigenvalue weighted by Gasteiger charge is -2.39. The number of anilines is 1. The van der Waals surface area contributed by atoms with E-state index < -0.39 is 21.1 Å². The Morgan fingerprint density at radius 2 is 2.00 bits per heavy atom. The number of hydrogen-bond donors (Lipinski definition) is 1. The van der Waals surface area contributed by atoms with Gasteiger partial charge in [-0.15, -0.1) is 0 Å². The van der Waals surface area contributed by atoms with Crippen LogP contribution >= 0.6 is 27.5 Å². The first-order chi connectivity index (χ1) is 11.1. The zero-order valence-electron chi connectivity index (χ0n) is 14.2. The summed E-state index contributed by atoms with van der Waals surface area (Å²) in [4.78, 5) is 25.6. The van der Waals surface area contributed by atoms with Crippen molar-refractivity contribution < 1.29 is 14.3 Å². The number of carbonyl (C=O) groups is 2. The molecule has 0 spiro atoms. The van der Waals surface area contributed by atoms with Gasteiger partial charge in [-0.2, -0.15) is 0 Å². The molecular formula is C18H21BrClNO3. The Morgan fingerprint density at radius 1 is 1.33 bits per heavy atom. The number of ketones is 1. The Balaban J connectivity index is 2.02. The average molecular weight is 415 g/mol. The SMILES string of the molecule is COc1ccc(Cl)cc1NC(=O)[C@]12CC[C@](C)(C(=O)[C@H]1Br)C2(C)C. The Hall–Kier alpha value is -1.07. The highest BCUT2D eigenvalue weighted by atomic mass is 79.9. The maximum Gasteiger partial charge on any atom is 0.232 e. The summed E-state index contributed by atoms with van der Waals surface area (Å²) in [6.45, 7) is 6.02. The molecule has 1 aromatic carbocycles. The summed E-state index contributed by atoms with van der Waals surface area (Å²) in [7, 11) is 1.54. The van der Waals surface area contributed by atoms with E-state index in [0.717, 1.165) is 6.42 Å². The number of halogens is 2. The van der Waals surface area contributed by atoms with E-state index in [1.165, 1.54) is 0 Å². The van der Waals surface area contributed by atoms with Gasteiger partial charge in [0.2, 0.25) is 5.91 Å². The summed E-state index contributed by atoms with van der Waals surface area (Å²) < 4.78 is 5.31. The number of hydrogen-bond acceptors (Lipinski definition) is 3. The second kappa shape index (κ2) is 5.46. The minimum Gasteiger partial charge on any atom is -0.495 e. The third-order valence-corrected chi connectivity index (χ3v) is 7.97. The monoisotopic (exact) mass is 413 g/mol. The maximum absolute atomic E-state index is 13.3. The van der Waals surface area contributed by atoms with Crippen LogP contribution in [0.4, 0.5) is 5.69 Å². The Labute approximate surface area is 155 Å². The van der Waals surface area contributed by atoms with Crippen LogP contribution in [0.1, 0.15) is 33.6 Å². The molecule has 6 heteroatoms. The van der Waals surface area contributed by atoms with Crippen LogP contribution in [0, 0.1) is 16.2 Å². The molecule has 2 aliphatic rings. The minimum absolute atomic E-state index is 0.118. The van der Waals surface area contributed by atoms with E-state index in [1.807, 2.05) is 20.8 Å². The third kappa shape index (κ3) is 1.97. The molecule has 3 rings (SSSR count). The van der Waals surface area contributed by atoms with Crippen molar-refractivity contribution in [3.05, 3.63) is 23.2 Å². The van der Waals surface area contributed by atoms with E-state index in [9.17, 15) is 9.59 Å². The molecule has 2 fully saturated rings. The number of fused-ring (bicyclic) bond motifs is 2. The zero-order valence-corrected chi connectivity index (χ0v) is 16.5. The molecular weight excluding hydrogens is 394 g/mol.